The van der Waals surface area contributed by atoms with Crippen molar-refractivity contribution >= 4 is 21.4 Å². The molecule has 0 amide bonds. The van der Waals surface area contributed by atoms with Crippen LogP contribution in [0.2, 0.25) is 0 Å². The SMILES string of the molecule is O=S(=O)(CCc1ccccc1)Nc1cc(N2CCOCC2)ccc1F. The Hall–Kier alpha value is -2.12. The summed E-state index contributed by atoms with van der Waals surface area (Å²) in [6, 6.07) is 13.8. The van der Waals surface area contributed by atoms with Crippen molar-refractivity contribution in [3.05, 3.63) is 59.9 Å². The molecule has 0 unspecified atom stereocenters. The van der Waals surface area contributed by atoms with Gasteiger partial charge in [-0.3, -0.25) is 4.72 Å². The van der Waals surface area contributed by atoms with E-state index in [1.165, 1.54) is 6.07 Å². The Morgan fingerprint density at radius 3 is 2.52 bits per heavy atom. The van der Waals surface area contributed by atoms with E-state index in [1.54, 1.807) is 12.1 Å². The molecule has 2 aromatic carbocycles. The molecule has 1 heterocycles. The van der Waals surface area contributed by atoms with Crippen molar-refractivity contribution in [3.8, 4) is 0 Å². The molecule has 1 fully saturated rings. The number of nitrogens with one attached hydrogen (secondary N) is 1. The van der Waals surface area contributed by atoms with E-state index in [0.29, 0.717) is 32.7 Å². The molecule has 0 saturated carbocycles. The number of halogens is 1. The molecule has 3 rings (SSSR count). The highest BCUT2D eigenvalue weighted by Gasteiger charge is 2.17. The lowest BCUT2D eigenvalue weighted by molar-refractivity contribution is 0.122. The topological polar surface area (TPSA) is 58.6 Å². The van der Waals surface area contributed by atoms with Crippen molar-refractivity contribution < 1.29 is 17.5 Å². The first-order valence-electron chi connectivity index (χ1n) is 8.20. The van der Waals surface area contributed by atoms with Gasteiger partial charge < -0.3 is 9.64 Å². The first-order chi connectivity index (χ1) is 12.0. The molecule has 1 aliphatic rings. The van der Waals surface area contributed by atoms with Crippen LogP contribution in [-0.4, -0.2) is 40.5 Å². The number of hydrogen-bond acceptors (Lipinski definition) is 4. The molecule has 5 nitrogen and oxygen atoms in total. The molecule has 1 N–H and O–H groups in total. The second-order valence-electron chi connectivity index (χ2n) is 5.92. The van der Waals surface area contributed by atoms with Gasteiger partial charge in [-0.05, 0) is 30.2 Å². The summed E-state index contributed by atoms with van der Waals surface area (Å²) in [7, 11) is -3.64. The minimum absolute atomic E-state index is 0.0166. The molecule has 0 bridgehead atoms. The van der Waals surface area contributed by atoms with Gasteiger partial charge in [-0.15, -0.1) is 0 Å². The lowest BCUT2D eigenvalue weighted by Crippen LogP contribution is -2.36. The van der Waals surface area contributed by atoms with Gasteiger partial charge in [0, 0.05) is 18.8 Å². The van der Waals surface area contributed by atoms with Gasteiger partial charge in [0.2, 0.25) is 10.0 Å². The summed E-state index contributed by atoms with van der Waals surface area (Å²) in [5.74, 6) is -0.682. The molecule has 1 aliphatic heterocycles. The Kier molecular flexibility index (Phi) is 5.55. The number of anilines is 2. The highest BCUT2D eigenvalue weighted by atomic mass is 32.2. The number of aryl methyl sites for hydroxylation is 1. The third-order valence-electron chi connectivity index (χ3n) is 4.09. The van der Waals surface area contributed by atoms with Gasteiger partial charge in [0.15, 0.2) is 0 Å². The maximum absolute atomic E-state index is 14.1. The molecule has 2 aromatic rings. The largest absolute Gasteiger partial charge is 0.378 e. The smallest absolute Gasteiger partial charge is 0.233 e. The van der Waals surface area contributed by atoms with E-state index in [1.807, 2.05) is 35.2 Å². The van der Waals surface area contributed by atoms with E-state index < -0.39 is 15.8 Å². The van der Waals surface area contributed by atoms with Crippen molar-refractivity contribution in [2.45, 2.75) is 6.42 Å². The fourth-order valence-electron chi connectivity index (χ4n) is 2.73. The minimum Gasteiger partial charge on any atom is -0.378 e. The first kappa shape index (κ1) is 17.7. The van der Waals surface area contributed by atoms with Crippen LogP contribution in [0.15, 0.2) is 48.5 Å². The minimum atomic E-state index is -3.64. The number of sulfonamides is 1. The lowest BCUT2D eigenvalue weighted by Gasteiger charge is -2.29. The summed E-state index contributed by atoms with van der Waals surface area (Å²) in [6.07, 6.45) is 0.376. The van der Waals surface area contributed by atoms with Gasteiger partial charge in [0.25, 0.3) is 0 Å². The molecule has 0 aromatic heterocycles. The van der Waals surface area contributed by atoms with Crippen LogP contribution in [0.25, 0.3) is 0 Å². The van der Waals surface area contributed by atoms with Gasteiger partial charge in [0.1, 0.15) is 5.82 Å². The quantitative estimate of drug-likeness (QED) is 0.856. The zero-order valence-electron chi connectivity index (χ0n) is 13.8. The average Bonchev–Trinajstić information content (AvgIpc) is 2.63. The molecule has 25 heavy (non-hydrogen) atoms. The number of nitrogens with zero attached hydrogens (tertiary/aromatic N) is 1. The van der Waals surface area contributed by atoms with Gasteiger partial charge in [-0.25, -0.2) is 12.8 Å². The van der Waals surface area contributed by atoms with E-state index in [9.17, 15) is 12.8 Å². The van der Waals surface area contributed by atoms with Crippen LogP contribution in [-0.2, 0) is 21.2 Å². The highest BCUT2D eigenvalue weighted by Crippen LogP contribution is 2.24. The van der Waals surface area contributed by atoms with Gasteiger partial charge >= 0.3 is 0 Å². The van der Waals surface area contributed by atoms with E-state index >= 15 is 0 Å². The van der Waals surface area contributed by atoms with E-state index in [4.69, 9.17) is 4.74 Å². The molecule has 7 heteroatoms. The summed E-state index contributed by atoms with van der Waals surface area (Å²) < 4.78 is 46.3. The predicted octanol–water partition coefficient (Wildman–Crippen LogP) is 2.65. The van der Waals surface area contributed by atoms with E-state index in [0.717, 1.165) is 11.3 Å². The molecular formula is C18H21FN2O3S. The molecule has 0 radical (unpaired) electrons. The highest BCUT2D eigenvalue weighted by molar-refractivity contribution is 7.92. The summed E-state index contributed by atoms with van der Waals surface area (Å²) in [6.45, 7) is 2.61. The number of rotatable bonds is 6. The summed E-state index contributed by atoms with van der Waals surface area (Å²) in [4.78, 5) is 2.05. The summed E-state index contributed by atoms with van der Waals surface area (Å²) in [5.41, 5.74) is 1.69. The molecule has 0 spiro atoms. The van der Waals surface area contributed by atoms with Crippen molar-refractivity contribution in [2.24, 2.45) is 0 Å². The molecular weight excluding hydrogens is 343 g/mol. The lowest BCUT2D eigenvalue weighted by atomic mass is 10.2. The van der Waals surface area contributed by atoms with Crippen molar-refractivity contribution in [1.82, 2.24) is 0 Å². The maximum Gasteiger partial charge on any atom is 0.233 e. The predicted molar refractivity (Wildman–Crippen MR) is 97.0 cm³/mol. The van der Waals surface area contributed by atoms with Gasteiger partial charge in [-0.2, -0.15) is 0 Å². The maximum atomic E-state index is 14.1. The fourth-order valence-corrected chi connectivity index (χ4v) is 3.82. The molecule has 134 valence electrons. The Labute approximate surface area is 147 Å². The first-order valence-corrected chi connectivity index (χ1v) is 9.85. The number of morpholine rings is 1. The standard InChI is InChI=1S/C18H21FN2O3S/c19-17-7-6-16(21-9-11-24-12-10-21)14-18(17)20-25(22,23)13-8-15-4-2-1-3-5-15/h1-7,14,20H,8-13H2. The van der Waals surface area contributed by atoms with Crippen molar-refractivity contribution in [2.75, 3.05) is 41.7 Å². The average molecular weight is 364 g/mol. The van der Waals surface area contributed by atoms with Crippen LogP contribution in [0.1, 0.15) is 5.56 Å². The van der Waals surface area contributed by atoms with Gasteiger partial charge in [0.05, 0.1) is 24.7 Å². The number of benzene rings is 2. The van der Waals surface area contributed by atoms with E-state index in [2.05, 4.69) is 4.72 Å². The summed E-state index contributed by atoms with van der Waals surface area (Å²) in [5, 5.41) is 0. The van der Waals surface area contributed by atoms with Crippen LogP contribution in [0.3, 0.4) is 0 Å². The Morgan fingerprint density at radius 1 is 1.08 bits per heavy atom. The molecule has 0 atom stereocenters. The molecule has 0 aliphatic carbocycles. The number of ether oxygens (including phenoxy) is 1. The normalized spacial score (nSPS) is 15.2. The van der Waals surface area contributed by atoms with Crippen LogP contribution >= 0.6 is 0 Å². The van der Waals surface area contributed by atoms with Crippen LogP contribution in [0.4, 0.5) is 15.8 Å². The van der Waals surface area contributed by atoms with Crippen LogP contribution in [0.5, 0.6) is 0 Å². The summed E-state index contributed by atoms with van der Waals surface area (Å²) >= 11 is 0. The molecule has 1 saturated heterocycles. The second kappa shape index (κ2) is 7.84. The van der Waals surface area contributed by atoms with E-state index in [-0.39, 0.29) is 11.4 Å². The monoisotopic (exact) mass is 364 g/mol. The van der Waals surface area contributed by atoms with Crippen LogP contribution < -0.4 is 9.62 Å². The fraction of sp³-hybridized carbons (Fsp3) is 0.333. The Morgan fingerprint density at radius 2 is 1.80 bits per heavy atom. The second-order valence-corrected chi connectivity index (χ2v) is 7.76. The third-order valence-corrected chi connectivity index (χ3v) is 5.37. The number of hydrogen-bond donors (Lipinski definition) is 1. The zero-order valence-corrected chi connectivity index (χ0v) is 14.6. The zero-order chi connectivity index (χ0) is 17.7. The van der Waals surface area contributed by atoms with Crippen molar-refractivity contribution in [3.63, 3.8) is 0 Å². The van der Waals surface area contributed by atoms with Crippen LogP contribution in [0, 0.1) is 5.82 Å². The Balaban J connectivity index is 1.70. The van der Waals surface area contributed by atoms with Crippen molar-refractivity contribution in [1.29, 1.82) is 0 Å². The third kappa shape index (κ3) is 4.93. The Bertz CT molecular complexity index is 806. The van der Waals surface area contributed by atoms with Gasteiger partial charge in [-0.1, -0.05) is 30.3 Å².